The zero-order chi connectivity index (χ0) is 16.1. The lowest BCUT2D eigenvalue weighted by atomic mass is 10.0. The van der Waals surface area contributed by atoms with E-state index in [2.05, 4.69) is 0 Å². The third-order valence-electron chi connectivity index (χ3n) is 3.93. The summed E-state index contributed by atoms with van der Waals surface area (Å²) in [5.74, 6) is 2.45. The van der Waals surface area contributed by atoms with Crippen LogP contribution in [0.3, 0.4) is 0 Å². The van der Waals surface area contributed by atoms with Crippen molar-refractivity contribution in [2.75, 3.05) is 7.11 Å². The largest absolute Gasteiger partial charge is 0.493 e. The Morgan fingerprint density at radius 1 is 1.00 bits per heavy atom. The number of aryl methyl sites for hydroxylation is 1. The minimum absolute atomic E-state index is 0.306. The summed E-state index contributed by atoms with van der Waals surface area (Å²) in [5.41, 5.74) is 2.18. The summed E-state index contributed by atoms with van der Waals surface area (Å²) in [7, 11) is 1.63. The molecule has 2 aromatic carbocycles. The van der Waals surface area contributed by atoms with Crippen molar-refractivity contribution in [3.8, 4) is 17.2 Å². The van der Waals surface area contributed by atoms with Gasteiger partial charge in [-0.3, -0.25) is 4.79 Å². The van der Waals surface area contributed by atoms with E-state index in [1.54, 1.807) is 7.11 Å². The second-order valence-corrected chi connectivity index (χ2v) is 5.64. The highest BCUT2D eigenvalue weighted by Crippen LogP contribution is 2.33. The zero-order valence-electron chi connectivity index (χ0n) is 13.2. The Balaban J connectivity index is 1.96. The van der Waals surface area contributed by atoms with Crippen molar-refractivity contribution < 1.29 is 14.3 Å². The summed E-state index contributed by atoms with van der Waals surface area (Å²) in [4.78, 5) is 11.9. The van der Waals surface area contributed by atoms with Gasteiger partial charge in [-0.05, 0) is 48.2 Å². The molecule has 0 aromatic heterocycles. The standard InChI is InChI=1S/C20H20O3/c1-22-19-13-9-16-4-2-3-5-17(21)10-6-15-7-11-18(12-8-15)23-20(19)14-16/h2,4,7-9,11-14H,3,5-6,10H2,1H3. The van der Waals surface area contributed by atoms with Crippen LogP contribution in [0.2, 0.25) is 0 Å². The third-order valence-corrected chi connectivity index (χ3v) is 3.93. The number of ether oxygens (including phenoxy) is 2. The molecule has 4 rings (SSSR count). The average Bonchev–Trinajstić information content (AvgIpc) is 2.58. The van der Waals surface area contributed by atoms with Crippen LogP contribution >= 0.6 is 0 Å². The maximum Gasteiger partial charge on any atom is 0.169 e. The quantitative estimate of drug-likeness (QED) is 0.759. The van der Waals surface area contributed by atoms with Gasteiger partial charge in [0.15, 0.2) is 11.5 Å². The van der Waals surface area contributed by atoms with Gasteiger partial charge in [0.25, 0.3) is 0 Å². The van der Waals surface area contributed by atoms with Crippen molar-refractivity contribution in [3.05, 3.63) is 59.7 Å². The van der Waals surface area contributed by atoms with E-state index in [-0.39, 0.29) is 0 Å². The molecule has 118 valence electrons. The Bertz CT molecular complexity index is 714. The third kappa shape index (κ3) is 4.01. The van der Waals surface area contributed by atoms with Gasteiger partial charge < -0.3 is 9.47 Å². The van der Waals surface area contributed by atoms with Crippen molar-refractivity contribution in [2.24, 2.45) is 0 Å². The van der Waals surface area contributed by atoms with Crippen LogP contribution in [-0.2, 0) is 11.2 Å². The Hall–Kier alpha value is -2.55. The van der Waals surface area contributed by atoms with E-state index in [0.29, 0.717) is 30.1 Å². The molecule has 2 aliphatic heterocycles. The number of carbonyl (C=O) groups is 1. The van der Waals surface area contributed by atoms with Gasteiger partial charge in [-0.1, -0.05) is 30.4 Å². The topological polar surface area (TPSA) is 35.5 Å². The van der Waals surface area contributed by atoms with Gasteiger partial charge in [0.1, 0.15) is 11.5 Å². The van der Waals surface area contributed by atoms with E-state index in [4.69, 9.17) is 9.47 Å². The van der Waals surface area contributed by atoms with Crippen molar-refractivity contribution in [2.45, 2.75) is 25.7 Å². The van der Waals surface area contributed by atoms with Crippen molar-refractivity contribution in [1.29, 1.82) is 0 Å². The lowest BCUT2D eigenvalue weighted by Crippen LogP contribution is -1.99. The fourth-order valence-corrected chi connectivity index (χ4v) is 2.60. The lowest BCUT2D eigenvalue weighted by Gasteiger charge is -2.11. The molecule has 2 heterocycles. The maximum atomic E-state index is 11.9. The molecule has 0 fully saturated rings. The van der Waals surface area contributed by atoms with Crippen molar-refractivity contribution >= 4 is 11.9 Å². The Morgan fingerprint density at radius 3 is 2.61 bits per heavy atom. The smallest absolute Gasteiger partial charge is 0.169 e. The summed E-state index contributed by atoms with van der Waals surface area (Å²) in [6.07, 6.45) is 6.78. The van der Waals surface area contributed by atoms with Gasteiger partial charge in [0.2, 0.25) is 0 Å². The molecular formula is C20H20O3. The van der Waals surface area contributed by atoms with Crippen molar-refractivity contribution in [1.82, 2.24) is 0 Å². The molecule has 0 saturated heterocycles. The molecule has 0 atom stereocenters. The molecule has 3 heteroatoms. The SMILES string of the molecule is COc1ccc2cc1Oc1ccc(cc1)CCC(=O)CCC=C2. The molecule has 0 saturated carbocycles. The second-order valence-electron chi connectivity index (χ2n) is 5.64. The maximum absolute atomic E-state index is 11.9. The van der Waals surface area contributed by atoms with E-state index >= 15 is 0 Å². The van der Waals surface area contributed by atoms with Crippen LogP contribution in [-0.4, -0.2) is 12.9 Å². The molecule has 3 nitrogen and oxygen atoms in total. The summed E-state index contributed by atoms with van der Waals surface area (Å²) >= 11 is 0. The van der Waals surface area contributed by atoms with E-state index in [9.17, 15) is 4.79 Å². The molecule has 0 spiro atoms. The number of hydrogen-bond acceptors (Lipinski definition) is 3. The number of carbonyl (C=O) groups excluding carboxylic acids is 1. The highest BCUT2D eigenvalue weighted by atomic mass is 16.5. The molecular weight excluding hydrogens is 288 g/mol. The van der Waals surface area contributed by atoms with Crippen LogP contribution in [0.5, 0.6) is 17.2 Å². The Labute approximate surface area is 136 Å². The van der Waals surface area contributed by atoms with Gasteiger partial charge in [-0.15, -0.1) is 0 Å². The fourth-order valence-electron chi connectivity index (χ4n) is 2.60. The number of hydrogen-bond donors (Lipinski definition) is 0. The molecule has 4 bridgehead atoms. The van der Waals surface area contributed by atoms with Crippen molar-refractivity contribution in [3.63, 3.8) is 0 Å². The highest BCUT2D eigenvalue weighted by molar-refractivity contribution is 5.78. The zero-order valence-corrected chi connectivity index (χ0v) is 13.2. The van der Waals surface area contributed by atoms with Crippen LogP contribution in [0.4, 0.5) is 0 Å². The first-order valence-corrected chi connectivity index (χ1v) is 7.88. The summed E-state index contributed by atoms with van der Waals surface area (Å²) < 4.78 is 11.3. The van der Waals surface area contributed by atoms with Crippen LogP contribution in [0.25, 0.3) is 6.08 Å². The van der Waals surface area contributed by atoms with E-state index in [1.807, 2.05) is 54.6 Å². The minimum atomic E-state index is 0.306. The van der Waals surface area contributed by atoms with E-state index in [1.165, 1.54) is 0 Å². The lowest BCUT2D eigenvalue weighted by molar-refractivity contribution is -0.118. The number of methoxy groups -OCH3 is 1. The average molecular weight is 308 g/mol. The first kappa shape index (κ1) is 15.3. The number of fused-ring (bicyclic) bond motifs is 7. The monoisotopic (exact) mass is 308 g/mol. The van der Waals surface area contributed by atoms with Crippen LogP contribution in [0.1, 0.15) is 30.4 Å². The van der Waals surface area contributed by atoms with Crippen LogP contribution in [0, 0.1) is 0 Å². The first-order chi connectivity index (χ1) is 11.2. The Morgan fingerprint density at radius 2 is 1.83 bits per heavy atom. The summed E-state index contributed by atoms with van der Waals surface area (Å²) in [6.45, 7) is 0. The molecule has 0 amide bonds. The molecule has 0 unspecified atom stereocenters. The Kier molecular flexibility index (Phi) is 4.77. The molecule has 0 radical (unpaired) electrons. The predicted molar refractivity (Wildman–Crippen MR) is 91.1 cm³/mol. The van der Waals surface area contributed by atoms with Gasteiger partial charge >= 0.3 is 0 Å². The summed E-state index contributed by atoms with van der Waals surface area (Å²) in [6, 6.07) is 13.7. The summed E-state index contributed by atoms with van der Waals surface area (Å²) in [5, 5.41) is 0. The number of rotatable bonds is 1. The number of Topliss-reactive ketones (excluding diaryl/α,β-unsaturated/α-hetero) is 1. The molecule has 2 aromatic rings. The molecule has 23 heavy (non-hydrogen) atoms. The number of ketones is 1. The highest BCUT2D eigenvalue weighted by Gasteiger charge is 2.08. The minimum Gasteiger partial charge on any atom is -0.493 e. The number of allylic oxidation sites excluding steroid dienone is 1. The first-order valence-electron chi connectivity index (χ1n) is 7.88. The molecule has 0 aliphatic carbocycles. The fraction of sp³-hybridized carbons (Fsp3) is 0.250. The van der Waals surface area contributed by atoms with E-state index in [0.717, 1.165) is 29.7 Å². The molecule has 2 aliphatic rings. The molecule has 0 N–H and O–H groups in total. The van der Waals surface area contributed by atoms with Gasteiger partial charge in [0, 0.05) is 12.8 Å². The normalized spacial score (nSPS) is 14.7. The second kappa shape index (κ2) is 7.14. The van der Waals surface area contributed by atoms with Crippen LogP contribution < -0.4 is 9.47 Å². The van der Waals surface area contributed by atoms with Gasteiger partial charge in [0.05, 0.1) is 7.11 Å². The van der Waals surface area contributed by atoms with Gasteiger partial charge in [-0.25, -0.2) is 0 Å². The predicted octanol–water partition coefficient (Wildman–Crippen LogP) is 4.80. The number of benzene rings is 2. The van der Waals surface area contributed by atoms with E-state index < -0.39 is 0 Å². The van der Waals surface area contributed by atoms with Gasteiger partial charge in [-0.2, -0.15) is 0 Å². The van der Waals surface area contributed by atoms with Crippen LogP contribution in [0.15, 0.2) is 48.5 Å².